The quantitative estimate of drug-likeness (QED) is 0.818. The second-order valence-electron chi connectivity index (χ2n) is 5.99. The number of carbonyl (C=O) groups excluding carboxylic acids is 1. The topological polar surface area (TPSA) is 60.9 Å². The summed E-state index contributed by atoms with van der Waals surface area (Å²) in [5, 5.41) is 9.50. The number of hydrogen-bond acceptors (Lipinski definition) is 3. The van der Waals surface area contributed by atoms with Crippen LogP contribution in [0.1, 0.15) is 39.5 Å². The third-order valence-corrected chi connectivity index (χ3v) is 5.32. The molecule has 1 heterocycles. The van der Waals surface area contributed by atoms with Crippen molar-refractivity contribution in [2.24, 2.45) is 5.41 Å². The van der Waals surface area contributed by atoms with Crippen LogP contribution in [0.25, 0.3) is 0 Å². The standard InChI is InChI=1S/C15H28N2O3S/c1-5-15(13(18)19)8-6-9-17(11-15)14(20)16(3)12(2)7-10-21-4/h12H,5-11H2,1-4H3,(H,18,19). The molecule has 0 aliphatic carbocycles. The molecule has 0 radical (unpaired) electrons. The number of carboxylic acid groups (broad SMARTS) is 1. The Kier molecular flexibility index (Phi) is 6.84. The highest BCUT2D eigenvalue weighted by Gasteiger charge is 2.42. The molecule has 1 rings (SSSR count). The molecule has 5 nitrogen and oxygen atoms in total. The van der Waals surface area contributed by atoms with Gasteiger partial charge in [0.15, 0.2) is 0 Å². The number of thioether (sulfide) groups is 1. The first-order valence-corrected chi connectivity index (χ1v) is 9.01. The number of nitrogens with zero attached hydrogens (tertiary/aromatic N) is 2. The molecule has 21 heavy (non-hydrogen) atoms. The summed E-state index contributed by atoms with van der Waals surface area (Å²) in [5.74, 6) is 0.243. The van der Waals surface area contributed by atoms with Gasteiger partial charge in [0.25, 0.3) is 0 Å². The summed E-state index contributed by atoms with van der Waals surface area (Å²) in [4.78, 5) is 27.6. The molecular weight excluding hydrogens is 288 g/mol. The van der Waals surface area contributed by atoms with E-state index in [-0.39, 0.29) is 12.1 Å². The molecular formula is C15H28N2O3S. The van der Waals surface area contributed by atoms with E-state index in [1.807, 2.05) is 20.9 Å². The molecule has 1 aliphatic heterocycles. The van der Waals surface area contributed by atoms with Crippen LogP contribution in [0.15, 0.2) is 0 Å². The van der Waals surface area contributed by atoms with Crippen molar-refractivity contribution in [3.8, 4) is 0 Å². The number of rotatable bonds is 6. The lowest BCUT2D eigenvalue weighted by Crippen LogP contribution is -2.54. The number of piperidine rings is 1. The molecule has 122 valence electrons. The molecule has 1 N–H and O–H groups in total. The lowest BCUT2D eigenvalue weighted by molar-refractivity contribution is -0.152. The molecule has 0 spiro atoms. The second kappa shape index (κ2) is 7.92. The molecule has 1 saturated heterocycles. The van der Waals surface area contributed by atoms with E-state index in [0.29, 0.717) is 25.9 Å². The van der Waals surface area contributed by atoms with E-state index in [2.05, 4.69) is 6.26 Å². The van der Waals surface area contributed by atoms with Gasteiger partial charge in [-0.05, 0) is 44.6 Å². The molecule has 0 aromatic carbocycles. The van der Waals surface area contributed by atoms with Crippen molar-refractivity contribution in [1.29, 1.82) is 0 Å². The number of likely N-dealkylation sites (tertiary alicyclic amines) is 1. The van der Waals surface area contributed by atoms with Gasteiger partial charge in [0, 0.05) is 26.2 Å². The number of aliphatic carboxylic acids is 1. The minimum Gasteiger partial charge on any atom is -0.481 e. The van der Waals surface area contributed by atoms with Gasteiger partial charge < -0.3 is 14.9 Å². The Hall–Kier alpha value is -0.910. The molecule has 6 heteroatoms. The van der Waals surface area contributed by atoms with E-state index in [4.69, 9.17) is 0 Å². The molecule has 2 amide bonds. The number of amides is 2. The second-order valence-corrected chi connectivity index (χ2v) is 6.97. The maximum absolute atomic E-state index is 12.6. The van der Waals surface area contributed by atoms with Gasteiger partial charge in [-0.3, -0.25) is 4.79 Å². The smallest absolute Gasteiger partial charge is 0.320 e. The minimum absolute atomic E-state index is 0.0395. The van der Waals surface area contributed by atoms with Crippen molar-refractivity contribution in [2.75, 3.05) is 32.1 Å². The first kappa shape index (κ1) is 18.1. The highest BCUT2D eigenvalue weighted by atomic mass is 32.2. The molecule has 2 atom stereocenters. The van der Waals surface area contributed by atoms with Crippen molar-refractivity contribution < 1.29 is 14.7 Å². The molecule has 1 aliphatic rings. The normalized spacial score (nSPS) is 23.7. The molecule has 2 unspecified atom stereocenters. The zero-order chi connectivity index (χ0) is 16.0. The molecule has 0 aromatic heterocycles. The van der Waals surface area contributed by atoms with Crippen LogP contribution in [0.3, 0.4) is 0 Å². The monoisotopic (exact) mass is 316 g/mol. The predicted molar refractivity (Wildman–Crippen MR) is 86.8 cm³/mol. The Balaban J connectivity index is 2.71. The summed E-state index contributed by atoms with van der Waals surface area (Å²) in [5.41, 5.74) is -0.767. The van der Waals surface area contributed by atoms with Crippen LogP contribution >= 0.6 is 11.8 Å². The van der Waals surface area contributed by atoms with Crippen LogP contribution in [-0.2, 0) is 4.79 Å². The molecule has 0 bridgehead atoms. The summed E-state index contributed by atoms with van der Waals surface area (Å²) in [6, 6.07) is 0.134. The summed E-state index contributed by atoms with van der Waals surface area (Å²) < 4.78 is 0. The number of carbonyl (C=O) groups is 2. The summed E-state index contributed by atoms with van der Waals surface area (Å²) in [6.07, 6.45) is 5.00. The Morgan fingerprint density at radius 3 is 2.67 bits per heavy atom. The zero-order valence-electron chi connectivity index (χ0n) is 13.6. The summed E-state index contributed by atoms with van der Waals surface area (Å²) in [7, 11) is 1.82. The minimum atomic E-state index is -0.777. The summed E-state index contributed by atoms with van der Waals surface area (Å²) in [6.45, 7) is 4.93. The van der Waals surface area contributed by atoms with E-state index < -0.39 is 11.4 Å². The Morgan fingerprint density at radius 2 is 2.14 bits per heavy atom. The fourth-order valence-electron chi connectivity index (χ4n) is 2.80. The average molecular weight is 316 g/mol. The van der Waals surface area contributed by atoms with Crippen molar-refractivity contribution in [3.63, 3.8) is 0 Å². The lowest BCUT2D eigenvalue weighted by atomic mass is 9.78. The van der Waals surface area contributed by atoms with Crippen molar-refractivity contribution in [2.45, 2.75) is 45.6 Å². The maximum Gasteiger partial charge on any atom is 0.320 e. The molecule has 0 aromatic rings. The van der Waals surface area contributed by atoms with Gasteiger partial charge in [-0.15, -0.1) is 0 Å². The van der Waals surface area contributed by atoms with E-state index in [1.54, 1.807) is 21.6 Å². The van der Waals surface area contributed by atoms with Crippen LogP contribution in [0.5, 0.6) is 0 Å². The van der Waals surface area contributed by atoms with Crippen molar-refractivity contribution >= 4 is 23.8 Å². The van der Waals surface area contributed by atoms with Gasteiger partial charge in [-0.1, -0.05) is 6.92 Å². The highest BCUT2D eigenvalue weighted by molar-refractivity contribution is 7.98. The lowest BCUT2D eigenvalue weighted by Gasteiger charge is -2.41. The van der Waals surface area contributed by atoms with Gasteiger partial charge in [0.2, 0.25) is 0 Å². The van der Waals surface area contributed by atoms with Crippen LogP contribution < -0.4 is 0 Å². The third-order valence-electron chi connectivity index (χ3n) is 4.68. The first-order chi connectivity index (χ1) is 9.88. The van der Waals surface area contributed by atoms with Gasteiger partial charge in [-0.2, -0.15) is 11.8 Å². The van der Waals surface area contributed by atoms with E-state index in [9.17, 15) is 14.7 Å². The van der Waals surface area contributed by atoms with Gasteiger partial charge in [-0.25, -0.2) is 4.79 Å². The van der Waals surface area contributed by atoms with Crippen molar-refractivity contribution in [1.82, 2.24) is 9.80 Å². The average Bonchev–Trinajstić information content (AvgIpc) is 2.50. The highest BCUT2D eigenvalue weighted by Crippen LogP contribution is 2.34. The fraction of sp³-hybridized carbons (Fsp3) is 0.867. The van der Waals surface area contributed by atoms with E-state index in [0.717, 1.165) is 18.6 Å². The van der Waals surface area contributed by atoms with Gasteiger partial charge in [0.05, 0.1) is 5.41 Å². The van der Waals surface area contributed by atoms with Gasteiger partial charge >= 0.3 is 12.0 Å². The molecule has 0 saturated carbocycles. The fourth-order valence-corrected chi connectivity index (χ4v) is 3.38. The number of urea groups is 1. The molecule has 1 fully saturated rings. The third kappa shape index (κ3) is 4.28. The number of carboxylic acids is 1. The van der Waals surface area contributed by atoms with Crippen molar-refractivity contribution in [3.05, 3.63) is 0 Å². The Labute approximate surface area is 132 Å². The summed E-state index contributed by atoms with van der Waals surface area (Å²) >= 11 is 1.77. The van der Waals surface area contributed by atoms with Crippen LogP contribution in [-0.4, -0.2) is 65.1 Å². The Morgan fingerprint density at radius 1 is 1.48 bits per heavy atom. The number of hydrogen-bond donors (Lipinski definition) is 1. The van der Waals surface area contributed by atoms with Crippen LogP contribution in [0.4, 0.5) is 4.79 Å². The first-order valence-electron chi connectivity index (χ1n) is 7.62. The van der Waals surface area contributed by atoms with Crippen LogP contribution in [0.2, 0.25) is 0 Å². The van der Waals surface area contributed by atoms with Crippen LogP contribution in [0, 0.1) is 5.41 Å². The SMILES string of the molecule is CCC1(C(=O)O)CCCN(C(=O)N(C)C(C)CCSC)C1. The largest absolute Gasteiger partial charge is 0.481 e. The predicted octanol–water partition coefficient (Wildman–Crippen LogP) is 2.76. The zero-order valence-corrected chi connectivity index (χ0v) is 14.4. The van der Waals surface area contributed by atoms with Gasteiger partial charge in [0.1, 0.15) is 0 Å². The van der Waals surface area contributed by atoms with E-state index in [1.165, 1.54) is 0 Å². The van der Waals surface area contributed by atoms with E-state index >= 15 is 0 Å². The maximum atomic E-state index is 12.6. The Bertz CT molecular complexity index is 378.